The van der Waals surface area contributed by atoms with Crippen molar-refractivity contribution >= 4 is 28.8 Å². The smallest absolute Gasteiger partial charge is 0.273 e. The lowest BCUT2D eigenvalue weighted by molar-refractivity contribution is 0.0780. The fraction of sp³-hybridized carbons (Fsp3) is 0.231. The molecule has 0 saturated carbocycles. The zero-order valence-electron chi connectivity index (χ0n) is 10.5. The number of carbonyl (C=O) groups is 1. The number of rotatable bonds is 4. The standard InChI is InChI=1S/C13H14ClN3OS/c1-17(7-9-2-4-10(14)5-3-9)13(18)11-8-19-12(6-15)16-11/h2-5,8H,6-7,15H2,1H3. The average molecular weight is 296 g/mol. The van der Waals surface area contributed by atoms with Gasteiger partial charge in [-0.25, -0.2) is 4.98 Å². The highest BCUT2D eigenvalue weighted by molar-refractivity contribution is 7.09. The minimum Gasteiger partial charge on any atom is -0.336 e. The first-order chi connectivity index (χ1) is 9.10. The minimum atomic E-state index is -0.106. The molecule has 1 amide bonds. The number of carbonyl (C=O) groups excluding carboxylic acids is 1. The Morgan fingerprint density at radius 2 is 2.11 bits per heavy atom. The summed E-state index contributed by atoms with van der Waals surface area (Å²) in [6.45, 7) is 0.879. The van der Waals surface area contributed by atoms with Crippen LogP contribution >= 0.6 is 22.9 Å². The van der Waals surface area contributed by atoms with Crippen LogP contribution in [0.5, 0.6) is 0 Å². The van der Waals surface area contributed by atoms with Crippen LogP contribution in [0, 0.1) is 0 Å². The Kier molecular flexibility index (Phi) is 4.52. The molecule has 2 N–H and O–H groups in total. The van der Waals surface area contributed by atoms with Gasteiger partial charge in [0.15, 0.2) is 0 Å². The van der Waals surface area contributed by atoms with Gasteiger partial charge in [-0.05, 0) is 17.7 Å². The first kappa shape index (κ1) is 14.0. The predicted molar refractivity (Wildman–Crippen MR) is 77.3 cm³/mol. The first-order valence-corrected chi connectivity index (χ1v) is 7.00. The molecule has 0 unspecified atom stereocenters. The van der Waals surface area contributed by atoms with Crippen molar-refractivity contribution in [3.05, 3.63) is 50.9 Å². The van der Waals surface area contributed by atoms with E-state index >= 15 is 0 Å². The Morgan fingerprint density at radius 1 is 1.42 bits per heavy atom. The van der Waals surface area contributed by atoms with Gasteiger partial charge in [-0.2, -0.15) is 0 Å². The van der Waals surface area contributed by atoms with Crippen LogP contribution in [-0.2, 0) is 13.1 Å². The molecule has 100 valence electrons. The lowest BCUT2D eigenvalue weighted by Crippen LogP contribution is -2.26. The molecule has 6 heteroatoms. The van der Waals surface area contributed by atoms with E-state index in [1.54, 1.807) is 17.3 Å². The maximum absolute atomic E-state index is 12.1. The number of amides is 1. The number of hydrogen-bond acceptors (Lipinski definition) is 4. The average Bonchev–Trinajstić information content (AvgIpc) is 2.89. The van der Waals surface area contributed by atoms with E-state index in [9.17, 15) is 4.79 Å². The normalized spacial score (nSPS) is 10.5. The highest BCUT2D eigenvalue weighted by Gasteiger charge is 2.15. The number of thiazole rings is 1. The van der Waals surface area contributed by atoms with Crippen LogP contribution < -0.4 is 5.73 Å². The molecule has 2 rings (SSSR count). The minimum absolute atomic E-state index is 0.106. The van der Waals surface area contributed by atoms with Gasteiger partial charge in [-0.3, -0.25) is 4.79 Å². The molecule has 0 radical (unpaired) electrons. The summed E-state index contributed by atoms with van der Waals surface area (Å²) >= 11 is 7.23. The fourth-order valence-electron chi connectivity index (χ4n) is 1.63. The summed E-state index contributed by atoms with van der Waals surface area (Å²) in [6, 6.07) is 7.42. The summed E-state index contributed by atoms with van der Waals surface area (Å²) in [7, 11) is 1.75. The summed E-state index contributed by atoms with van der Waals surface area (Å²) < 4.78 is 0. The number of nitrogens with zero attached hydrogens (tertiary/aromatic N) is 2. The fourth-order valence-corrected chi connectivity index (χ4v) is 2.41. The molecule has 0 atom stereocenters. The zero-order chi connectivity index (χ0) is 13.8. The molecule has 0 aliphatic heterocycles. The van der Waals surface area contributed by atoms with Crippen LogP contribution in [0.3, 0.4) is 0 Å². The number of benzene rings is 1. The van der Waals surface area contributed by atoms with Gasteiger partial charge in [0.05, 0.1) is 0 Å². The summed E-state index contributed by atoms with van der Waals surface area (Å²) in [5.74, 6) is -0.106. The van der Waals surface area contributed by atoms with Crippen molar-refractivity contribution in [2.24, 2.45) is 5.73 Å². The third-order valence-corrected chi connectivity index (χ3v) is 3.75. The van der Waals surface area contributed by atoms with Crippen molar-refractivity contribution in [1.29, 1.82) is 0 Å². The van der Waals surface area contributed by atoms with E-state index < -0.39 is 0 Å². The predicted octanol–water partition coefficient (Wildman–Crippen LogP) is 2.53. The molecule has 0 saturated heterocycles. The largest absolute Gasteiger partial charge is 0.336 e. The molecular weight excluding hydrogens is 282 g/mol. The van der Waals surface area contributed by atoms with E-state index in [0.29, 0.717) is 23.8 Å². The summed E-state index contributed by atoms with van der Waals surface area (Å²) in [5, 5.41) is 3.19. The van der Waals surface area contributed by atoms with E-state index in [0.717, 1.165) is 10.6 Å². The second kappa shape index (κ2) is 6.14. The van der Waals surface area contributed by atoms with Gasteiger partial charge in [0.1, 0.15) is 10.7 Å². The second-order valence-corrected chi connectivity index (χ2v) is 5.50. The van der Waals surface area contributed by atoms with E-state index in [2.05, 4.69) is 4.98 Å². The molecule has 0 spiro atoms. The summed E-state index contributed by atoms with van der Waals surface area (Å²) in [5.41, 5.74) is 6.96. The Morgan fingerprint density at radius 3 is 2.68 bits per heavy atom. The van der Waals surface area contributed by atoms with Crippen molar-refractivity contribution in [2.75, 3.05) is 7.05 Å². The molecule has 2 aromatic rings. The van der Waals surface area contributed by atoms with E-state index in [4.69, 9.17) is 17.3 Å². The molecule has 0 aliphatic rings. The van der Waals surface area contributed by atoms with Crippen LogP contribution in [0.4, 0.5) is 0 Å². The lowest BCUT2D eigenvalue weighted by atomic mass is 10.2. The van der Waals surface area contributed by atoms with Crippen LogP contribution in [0.15, 0.2) is 29.6 Å². The molecule has 1 aromatic heterocycles. The Hall–Kier alpha value is -1.43. The SMILES string of the molecule is CN(Cc1ccc(Cl)cc1)C(=O)c1csc(CN)n1. The maximum Gasteiger partial charge on any atom is 0.273 e. The van der Waals surface area contributed by atoms with Crippen LogP contribution in [-0.4, -0.2) is 22.8 Å². The van der Waals surface area contributed by atoms with Crippen LogP contribution in [0.2, 0.25) is 5.02 Å². The highest BCUT2D eigenvalue weighted by Crippen LogP contribution is 2.14. The molecule has 1 heterocycles. The Labute approximate surface area is 120 Å². The van der Waals surface area contributed by atoms with Crippen molar-refractivity contribution in [3.8, 4) is 0 Å². The van der Waals surface area contributed by atoms with Gasteiger partial charge in [-0.15, -0.1) is 11.3 Å². The molecule has 0 aliphatic carbocycles. The third kappa shape index (κ3) is 3.53. The van der Waals surface area contributed by atoms with Gasteiger partial charge in [0.2, 0.25) is 0 Å². The Balaban J connectivity index is 2.04. The Bertz CT molecular complexity index is 568. The molecule has 4 nitrogen and oxygen atoms in total. The second-order valence-electron chi connectivity index (χ2n) is 4.12. The van der Waals surface area contributed by atoms with Gasteiger partial charge >= 0.3 is 0 Å². The number of halogens is 1. The van der Waals surface area contributed by atoms with Crippen molar-refractivity contribution in [3.63, 3.8) is 0 Å². The first-order valence-electron chi connectivity index (χ1n) is 5.74. The van der Waals surface area contributed by atoms with Crippen molar-refractivity contribution in [1.82, 2.24) is 9.88 Å². The van der Waals surface area contributed by atoms with Crippen molar-refractivity contribution < 1.29 is 4.79 Å². The van der Waals surface area contributed by atoms with Crippen LogP contribution in [0.25, 0.3) is 0 Å². The number of nitrogens with two attached hydrogens (primary N) is 1. The van der Waals surface area contributed by atoms with E-state index in [1.807, 2.05) is 24.3 Å². The van der Waals surface area contributed by atoms with Gasteiger partial charge < -0.3 is 10.6 Å². The van der Waals surface area contributed by atoms with Crippen LogP contribution in [0.1, 0.15) is 21.1 Å². The zero-order valence-corrected chi connectivity index (χ0v) is 12.0. The molecule has 0 bridgehead atoms. The van der Waals surface area contributed by atoms with Crippen molar-refractivity contribution in [2.45, 2.75) is 13.1 Å². The van der Waals surface area contributed by atoms with E-state index in [-0.39, 0.29) is 5.91 Å². The number of hydrogen-bond donors (Lipinski definition) is 1. The molecular formula is C13H14ClN3OS. The van der Waals surface area contributed by atoms with Gasteiger partial charge in [-0.1, -0.05) is 23.7 Å². The maximum atomic E-state index is 12.1. The summed E-state index contributed by atoms with van der Waals surface area (Å²) in [4.78, 5) is 18.0. The monoisotopic (exact) mass is 295 g/mol. The van der Waals surface area contributed by atoms with E-state index in [1.165, 1.54) is 11.3 Å². The summed E-state index contributed by atoms with van der Waals surface area (Å²) in [6.07, 6.45) is 0. The quantitative estimate of drug-likeness (QED) is 0.943. The van der Waals surface area contributed by atoms with Gasteiger partial charge in [0, 0.05) is 30.5 Å². The third-order valence-electron chi connectivity index (χ3n) is 2.63. The lowest BCUT2D eigenvalue weighted by Gasteiger charge is -2.16. The van der Waals surface area contributed by atoms with Gasteiger partial charge in [0.25, 0.3) is 5.91 Å². The molecule has 19 heavy (non-hydrogen) atoms. The molecule has 1 aromatic carbocycles. The number of aromatic nitrogens is 1. The highest BCUT2D eigenvalue weighted by atomic mass is 35.5. The molecule has 0 fully saturated rings. The topological polar surface area (TPSA) is 59.2 Å².